The molecule has 0 heterocycles. The number of carbonyl (C=O) groups is 1. The molecule has 0 spiro atoms. The summed E-state index contributed by atoms with van der Waals surface area (Å²) in [6, 6.07) is 33.7. The third-order valence-corrected chi connectivity index (χ3v) is 6.67. The summed E-state index contributed by atoms with van der Waals surface area (Å²) in [6.07, 6.45) is 3.15. The Labute approximate surface area is 192 Å². The molecule has 0 aromatic heterocycles. The van der Waals surface area contributed by atoms with E-state index < -0.39 is 0 Å². The first kappa shape index (κ1) is 19.8. The van der Waals surface area contributed by atoms with Crippen molar-refractivity contribution in [1.82, 2.24) is 0 Å². The Morgan fingerprint density at radius 1 is 0.576 bits per heavy atom. The fourth-order valence-electron chi connectivity index (χ4n) is 5.18. The van der Waals surface area contributed by atoms with Crippen LogP contribution >= 0.6 is 0 Å². The van der Waals surface area contributed by atoms with Crippen LogP contribution in [0.3, 0.4) is 0 Å². The van der Waals surface area contributed by atoms with Crippen molar-refractivity contribution in [2.24, 2.45) is 0 Å². The molecule has 0 aliphatic rings. The molecule has 6 aromatic carbocycles. The Bertz CT molecular complexity index is 1550. The average Bonchev–Trinajstić information content (AvgIpc) is 2.86. The fourth-order valence-corrected chi connectivity index (χ4v) is 5.18. The molecule has 0 N–H and O–H groups in total. The highest BCUT2D eigenvalue weighted by molar-refractivity contribution is 6.33. The molecule has 0 amide bonds. The number of esters is 1. The molecule has 0 atom stereocenters. The second kappa shape index (κ2) is 8.22. The van der Waals surface area contributed by atoms with Gasteiger partial charge in [0.25, 0.3) is 0 Å². The van der Waals surface area contributed by atoms with Crippen molar-refractivity contribution in [3.63, 3.8) is 0 Å². The summed E-state index contributed by atoms with van der Waals surface area (Å²) in [7, 11) is 0. The van der Waals surface area contributed by atoms with Crippen molar-refractivity contribution < 1.29 is 9.53 Å². The van der Waals surface area contributed by atoms with Crippen LogP contribution in [0.4, 0.5) is 0 Å². The summed E-state index contributed by atoms with van der Waals surface area (Å²) in [5, 5.41) is 10.6. The minimum absolute atomic E-state index is 0.164. The lowest BCUT2D eigenvalue weighted by Gasteiger charge is -2.16. The summed E-state index contributed by atoms with van der Waals surface area (Å²) in [6.45, 7) is 0. The lowest BCUT2D eigenvalue weighted by molar-refractivity contribution is -0.134. The first-order valence-corrected chi connectivity index (χ1v) is 11.6. The van der Waals surface area contributed by atoms with Crippen LogP contribution in [0.5, 0.6) is 5.75 Å². The highest BCUT2D eigenvalue weighted by atomic mass is 16.5. The fraction of sp³-hybridized carbons (Fsp3) is 0.129. The van der Waals surface area contributed by atoms with Gasteiger partial charge in [0.2, 0.25) is 0 Å². The Balaban J connectivity index is 1.29. The van der Waals surface area contributed by atoms with Crippen LogP contribution < -0.4 is 4.74 Å². The van der Waals surface area contributed by atoms with Crippen molar-refractivity contribution in [2.75, 3.05) is 0 Å². The van der Waals surface area contributed by atoms with Gasteiger partial charge in [0.15, 0.2) is 0 Å². The molecule has 0 unspecified atom stereocenters. The molecule has 2 nitrogen and oxygen atoms in total. The highest BCUT2D eigenvalue weighted by Gasteiger charge is 2.14. The minimum Gasteiger partial charge on any atom is -0.427 e. The van der Waals surface area contributed by atoms with Crippen LogP contribution in [0.15, 0.2) is 97.1 Å². The van der Waals surface area contributed by atoms with E-state index in [-0.39, 0.29) is 5.97 Å². The standard InChI is InChI=1S/C31H24O2/c32-29(33-23-12-2-1-3-13-23)18-5-4-9-21-19-20-28-26-16-7-11-22-10-6-15-25(30(22)26)27-17-8-14-24(21)31(27)28/h1-3,6-8,10-17,19-20H,4-5,9,18H2. The zero-order valence-electron chi connectivity index (χ0n) is 18.4. The first-order chi connectivity index (χ1) is 16.3. The Hall–Kier alpha value is -3.91. The topological polar surface area (TPSA) is 26.3 Å². The van der Waals surface area contributed by atoms with E-state index in [4.69, 9.17) is 4.74 Å². The Morgan fingerprint density at radius 2 is 1.21 bits per heavy atom. The Morgan fingerprint density at radius 3 is 1.97 bits per heavy atom. The summed E-state index contributed by atoms with van der Waals surface area (Å²) >= 11 is 0. The van der Waals surface area contributed by atoms with Gasteiger partial charge in [-0.1, -0.05) is 84.9 Å². The molecule has 0 bridgehead atoms. The van der Waals surface area contributed by atoms with Gasteiger partial charge in [0.05, 0.1) is 0 Å². The van der Waals surface area contributed by atoms with Crippen LogP contribution in [0.1, 0.15) is 24.8 Å². The van der Waals surface area contributed by atoms with Crippen molar-refractivity contribution in [3.8, 4) is 5.75 Å². The monoisotopic (exact) mass is 428 g/mol. The van der Waals surface area contributed by atoms with Gasteiger partial charge in [-0.15, -0.1) is 0 Å². The highest BCUT2D eigenvalue weighted by Crippen LogP contribution is 2.41. The van der Waals surface area contributed by atoms with Crippen LogP contribution in [-0.2, 0) is 11.2 Å². The van der Waals surface area contributed by atoms with Gasteiger partial charge in [0, 0.05) is 6.42 Å². The van der Waals surface area contributed by atoms with Crippen molar-refractivity contribution in [3.05, 3.63) is 103 Å². The normalized spacial score (nSPS) is 11.6. The van der Waals surface area contributed by atoms with Gasteiger partial charge in [-0.2, -0.15) is 0 Å². The number of unbranched alkanes of at least 4 members (excludes halogenated alkanes) is 1. The van der Waals surface area contributed by atoms with Crippen molar-refractivity contribution in [1.29, 1.82) is 0 Å². The van der Waals surface area contributed by atoms with Gasteiger partial charge in [-0.05, 0) is 80.0 Å². The van der Waals surface area contributed by atoms with Gasteiger partial charge in [-0.25, -0.2) is 0 Å². The van der Waals surface area contributed by atoms with E-state index in [1.54, 1.807) is 0 Å². The Kier molecular flexibility index (Phi) is 4.92. The quantitative estimate of drug-likeness (QED) is 0.0882. The number of para-hydroxylation sites is 1. The molecule has 0 aliphatic carbocycles. The number of hydrogen-bond acceptors (Lipinski definition) is 2. The summed E-state index contributed by atoms with van der Waals surface area (Å²) < 4.78 is 5.41. The lowest BCUT2D eigenvalue weighted by atomic mass is 9.87. The molecule has 0 aliphatic heterocycles. The average molecular weight is 429 g/mol. The summed E-state index contributed by atoms with van der Waals surface area (Å²) in [5.41, 5.74) is 1.35. The predicted molar refractivity (Wildman–Crippen MR) is 137 cm³/mol. The number of carbonyl (C=O) groups excluding carboxylic acids is 1. The molecule has 160 valence electrons. The molecule has 6 rings (SSSR count). The molecule has 0 fully saturated rings. The van der Waals surface area contributed by atoms with Crippen LogP contribution in [0.25, 0.3) is 43.1 Å². The van der Waals surface area contributed by atoms with Crippen LogP contribution in [-0.4, -0.2) is 5.97 Å². The summed E-state index contributed by atoms with van der Waals surface area (Å²) in [5.74, 6) is 0.448. The van der Waals surface area contributed by atoms with Crippen molar-refractivity contribution >= 4 is 49.1 Å². The lowest BCUT2D eigenvalue weighted by Crippen LogP contribution is -2.07. The van der Waals surface area contributed by atoms with Gasteiger partial charge >= 0.3 is 5.97 Å². The zero-order valence-corrected chi connectivity index (χ0v) is 18.4. The molecule has 0 radical (unpaired) electrons. The van der Waals surface area contributed by atoms with E-state index in [2.05, 4.69) is 66.7 Å². The maximum Gasteiger partial charge on any atom is 0.311 e. The van der Waals surface area contributed by atoms with E-state index in [0.717, 1.165) is 19.3 Å². The molecule has 33 heavy (non-hydrogen) atoms. The number of fused-ring (bicyclic) bond motifs is 2. The van der Waals surface area contributed by atoms with E-state index in [1.807, 2.05) is 30.3 Å². The molecular formula is C31H24O2. The van der Waals surface area contributed by atoms with Crippen LogP contribution in [0, 0.1) is 0 Å². The molecule has 6 aromatic rings. The minimum atomic E-state index is -0.164. The largest absolute Gasteiger partial charge is 0.427 e. The van der Waals surface area contributed by atoms with E-state index in [9.17, 15) is 4.79 Å². The van der Waals surface area contributed by atoms with Crippen molar-refractivity contribution in [2.45, 2.75) is 25.7 Å². The van der Waals surface area contributed by atoms with Gasteiger partial charge < -0.3 is 4.74 Å². The SMILES string of the molecule is O=C(CCCCc1ccc2c3cccc4cccc(c5cccc1c52)c43)Oc1ccccc1. The number of rotatable bonds is 6. The number of hydrogen-bond donors (Lipinski definition) is 0. The first-order valence-electron chi connectivity index (χ1n) is 11.6. The van der Waals surface area contributed by atoms with Gasteiger partial charge in [0.1, 0.15) is 5.75 Å². The number of benzene rings is 6. The number of ether oxygens (including phenoxy) is 1. The van der Waals surface area contributed by atoms with E-state index in [1.165, 1.54) is 48.7 Å². The molecule has 2 heteroatoms. The second-order valence-corrected chi connectivity index (χ2v) is 8.70. The van der Waals surface area contributed by atoms with E-state index in [0.29, 0.717) is 12.2 Å². The summed E-state index contributed by atoms with van der Waals surface area (Å²) in [4.78, 5) is 12.2. The molecule has 0 saturated carbocycles. The van der Waals surface area contributed by atoms with E-state index >= 15 is 0 Å². The maximum absolute atomic E-state index is 12.2. The van der Waals surface area contributed by atoms with Crippen LogP contribution in [0.2, 0.25) is 0 Å². The zero-order chi connectivity index (χ0) is 22.2. The second-order valence-electron chi connectivity index (χ2n) is 8.70. The molecular weight excluding hydrogens is 404 g/mol. The molecule has 0 saturated heterocycles. The maximum atomic E-state index is 12.2. The third kappa shape index (κ3) is 3.48. The third-order valence-electron chi connectivity index (χ3n) is 6.67. The predicted octanol–water partition coefficient (Wildman–Crippen LogP) is 8.06. The van der Waals surface area contributed by atoms with Gasteiger partial charge in [-0.3, -0.25) is 4.79 Å². The smallest absolute Gasteiger partial charge is 0.311 e. The number of aryl methyl sites for hydroxylation is 1.